The van der Waals surface area contributed by atoms with Crippen molar-refractivity contribution in [2.24, 2.45) is 4.99 Å². The molecule has 0 spiro atoms. The van der Waals surface area contributed by atoms with Gasteiger partial charge in [0.05, 0.1) is 11.8 Å². The van der Waals surface area contributed by atoms with Crippen LogP contribution in [0.1, 0.15) is 31.9 Å². The van der Waals surface area contributed by atoms with Gasteiger partial charge in [-0.3, -0.25) is 9.79 Å². The van der Waals surface area contributed by atoms with Crippen LogP contribution < -0.4 is 10.3 Å². The highest BCUT2D eigenvalue weighted by atomic mass is 16.5. The lowest BCUT2D eigenvalue weighted by Gasteiger charge is -2.13. The molecule has 0 aliphatic rings. The Hall–Kier alpha value is -2.95. The molecule has 2 rings (SSSR count). The Morgan fingerprint density at radius 2 is 2.04 bits per heavy atom. The fourth-order valence-electron chi connectivity index (χ4n) is 2.71. The predicted octanol–water partition coefficient (Wildman–Crippen LogP) is 4.37. The molecule has 0 saturated carbocycles. The van der Waals surface area contributed by atoms with Crippen LogP contribution in [0.3, 0.4) is 0 Å². The predicted molar refractivity (Wildman–Crippen MR) is 107 cm³/mol. The van der Waals surface area contributed by atoms with Gasteiger partial charge < -0.3 is 4.74 Å². The van der Waals surface area contributed by atoms with E-state index in [1.54, 1.807) is 6.20 Å². The molecule has 0 amide bonds. The normalized spacial score (nSPS) is 12.7. The van der Waals surface area contributed by atoms with Gasteiger partial charge in [0.2, 0.25) is 5.90 Å². The third-order valence-corrected chi connectivity index (χ3v) is 3.93. The molecule has 5 nitrogen and oxygen atoms in total. The van der Waals surface area contributed by atoms with Crippen molar-refractivity contribution >= 4 is 5.90 Å². The van der Waals surface area contributed by atoms with Crippen molar-refractivity contribution in [1.82, 2.24) is 10.2 Å². The topological polar surface area (TPSA) is 67.3 Å². The molecular weight excluding hydrogens is 326 g/mol. The third kappa shape index (κ3) is 4.36. The van der Waals surface area contributed by atoms with E-state index in [-0.39, 0.29) is 5.56 Å². The van der Waals surface area contributed by atoms with Gasteiger partial charge in [-0.25, -0.2) is 5.10 Å². The fourth-order valence-corrected chi connectivity index (χ4v) is 2.71. The summed E-state index contributed by atoms with van der Waals surface area (Å²) in [7, 11) is 0. The SMILES string of the molecule is CC=CC(=CC)C(=NCC)Oc1ccc(-c2c(C)cn[nH]c2=O)c(C)c1. The second kappa shape index (κ2) is 8.94. The van der Waals surface area contributed by atoms with Crippen LogP contribution in [0.4, 0.5) is 0 Å². The largest absolute Gasteiger partial charge is 0.439 e. The van der Waals surface area contributed by atoms with E-state index >= 15 is 0 Å². The molecule has 0 saturated heterocycles. The molecule has 2 aromatic rings. The highest BCUT2D eigenvalue weighted by Crippen LogP contribution is 2.27. The lowest BCUT2D eigenvalue weighted by atomic mass is 9.99. The van der Waals surface area contributed by atoms with Crippen molar-refractivity contribution in [3.05, 3.63) is 69.7 Å². The first-order valence-electron chi connectivity index (χ1n) is 8.68. The second-order valence-electron chi connectivity index (χ2n) is 5.86. The van der Waals surface area contributed by atoms with Gasteiger partial charge >= 0.3 is 0 Å². The molecule has 0 fully saturated rings. The molecule has 26 heavy (non-hydrogen) atoms. The van der Waals surface area contributed by atoms with Crippen LogP contribution >= 0.6 is 0 Å². The lowest BCUT2D eigenvalue weighted by Crippen LogP contribution is -2.13. The molecule has 0 bridgehead atoms. The summed E-state index contributed by atoms with van der Waals surface area (Å²) in [6.07, 6.45) is 7.55. The van der Waals surface area contributed by atoms with Gasteiger partial charge in [-0.15, -0.1) is 0 Å². The van der Waals surface area contributed by atoms with Crippen molar-refractivity contribution in [2.45, 2.75) is 34.6 Å². The minimum atomic E-state index is -0.195. The van der Waals surface area contributed by atoms with Crippen LogP contribution in [-0.2, 0) is 0 Å². The number of aromatic amines is 1. The number of nitrogens with zero attached hydrogens (tertiary/aromatic N) is 2. The number of ether oxygens (including phenoxy) is 1. The van der Waals surface area contributed by atoms with Gasteiger partial charge in [-0.2, -0.15) is 5.10 Å². The van der Waals surface area contributed by atoms with E-state index in [4.69, 9.17) is 4.74 Å². The smallest absolute Gasteiger partial charge is 0.272 e. The van der Waals surface area contributed by atoms with Crippen LogP contribution in [0.2, 0.25) is 0 Å². The fraction of sp³-hybridized carbons (Fsp3) is 0.286. The second-order valence-corrected chi connectivity index (χ2v) is 5.86. The molecule has 0 radical (unpaired) electrons. The number of benzene rings is 1. The van der Waals surface area contributed by atoms with Gasteiger partial charge in [0.1, 0.15) is 5.75 Å². The number of aliphatic imine (C=N–C) groups is 1. The summed E-state index contributed by atoms with van der Waals surface area (Å²) in [6.45, 7) is 10.4. The third-order valence-electron chi connectivity index (χ3n) is 3.93. The first-order valence-corrected chi connectivity index (χ1v) is 8.68. The quantitative estimate of drug-likeness (QED) is 0.494. The Morgan fingerprint density at radius 1 is 1.27 bits per heavy atom. The summed E-state index contributed by atoms with van der Waals surface area (Å²) in [5.41, 5.74) is 4.02. The molecule has 136 valence electrons. The van der Waals surface area contributed by atoms with Crippen LogP contribution in [0.25, 0.3) is 11.1 Å². The van der Waals surface area contributed by atoms with Gasteiger partial charge in [-0.05, 0) is 63.4 Å². The van der Waals surface area contributed by atoms with Crippen LogP contribution in [0, 0.1) is 13.8 Å². The number of aromatic nitrogens is 2. The molecule has 0 atom stereocenters. The first kappa shape index (κ1) is 19.4. The summed E-state index contributed by atoms with van der Waals surface area (Å²) in [4.78, 5) is 16.6. The molecule has 0 unspecified atom stereocenters. The minimum Gasteiger partial charge on any atom is -0.439 e. The van der Waals surface area contributed by atoms with Crippen molar-refractivity contribution in [3.63, 3.8) is 0 Å². The Morgan fingerprint density at radius 3 is 2.62 bits per heavy atom. The standard InChI is InChI=1S/C21H25N3O2/c1-6-9-16(7-2)21(22-8-3)26-17-10-11-18(14(4)12-17)19-15(5)13-23-24-20(19)25/h6-7,9-13H,8H2,1-5H3,(H,24,25). The summed E-state index contributed by atoms with van der Waals surface area (Å²) < 4.78 is 6.02. The van der Waals surface area contributed by atoms with E-state index in [1.807, 2.05) is 71.0 Å². The minimum absolute atomic E-state index is 0.195. The average molecular weight is 351 g/mol. The van der Waals surface area contributed by atoms with Crippen LogP contribution in [0.15, 0.2) is 58.0 Å². The lowest BCUT2D eigenvalue weighted by molar-refractivity contribution is 0.548. The molecule has 5 heteroatoms. The highest BCUT2D eigenvalue weighted by molar-refractivity contribution is 5.97. The van der Waals surface area contributed by atoms with Gasteiger partial charge in [0, 0.05) is 12.1 Å². The summed E-state index contributed by atoms with van der Waals surface area (Å²) >= 11 is 0. The van der Waals surface area contributed by atoms with Crippen molar-refractivity contribution < 1.29 is 4.74 Å². The summed E-state index contributed by atoms with van der Waals surface area (Å²) in [6, 6.07) is 5.68. The summed E-state index contributed by atoms with van der Waals surface area (Å²) in [5, 5.41) is 6.33. The number of allylic oxidation sites excluding steroid dienone is 2. The highest BCUT2D eigenvalue weighted by Gasteiger charge is 2.12. The van der Waals surface area contributed by atoms with E-state index in [9.17, 15) is 4.79 Å². The zero-order chi connectivity index (χ0) is 19.1. The number of rotatable bonds is 5. The van der Waals surface area contributed by atoms with E-state index in [0.717, 1.165) is 22.3 Å². The first-order chi connectivity index (χ1) is 12.5. The van der Waals surface area contributed by atoms with E-state index in [1.165, 1.54) is 0 Å². The van der Waals surface area contributed by atoms with Crippen LogP contribution in [0.5, 0.6) is 5.75 Å². The van der Waals surface area contributed by atoms with Gasteiger partial charge in [0.25, 0.3) is 5.56 Å². The maximum absolute atomic E-state index is 12.2. The molecule has 1 aromatic carbocycles. The van der Waals surface area contributed by atoms with Crippen molar-refractivity contribution in [3.8, 4) is 16.9 Å². The van der Waals surface area contributed by atoms with E-state index < -0.39 is 0 Å². The number of H-pyrrole nitrogens is 1. The van der Waals surface area contributed by atoms with Crippen molar-refractivity contribution in [2.75, 3.05) is 6.54 Å². The number of nitrogens with one attached hydrogen (secondary N) is 1. The zero-order valence-electron chi connectivity index (χ0n) is 16.0. The number of aryl methyl sites for hydroxylation is 2. The average Bonchev–Trinajstić information content (AvgIpc) is 2.61. The maximum atomic E-state index is 12.2. The van der Waals surface area contributed by atoms with Crippen molar-refractivity contribution in [1.29, 1.82) is 0 Å². The molecular formula is C21H25N3O2. The molecule has 0 aliphatic heterocycles. The van der Waals surface area contributed by atoms with Crippen LogP contribution in [-0.4, -0.2) is 22.6 Å². The van der Waals surface area contributed by atoms with Gasteiger partial charge in [-0.1, -0.05) is 24.3 Å². The summed E-state index contributed by atoms with van der Waals surface area (Å²) in [5.74, 6) is 1.27. The maximum Gasteiger partial charge on any atom is 0.272 e. The monoisotopic (exact) mass is 351 g/mol. The molecule has 1 heterocycles. The Kier molecular flexibility index (Phi) is 6.67. The Bertz CT molecular complexity index is 921. The van der Waals surface area contributed by atoms with E-state index in [0.29, 0.717) is 23.8 Å². The molecule has 0 aliphatic carbocycles. The molecule has 1 aromatic heterocycles. The number of hydrogen-bond donors (Lipinski definition) is 1. The van der Waals surface area contributed by atoms with E-state index in [2.05, 4.69) is 15.2 Å². The Balaban J connectivity index is 2.40. The number of hydrogen-bond acceptors (Lipinski definition) is 4. The van der Waals surface area contributed by atoms with Gasteiger partial charge in [0.15, 0.2) is 0 Å². The Labute approximate surface area is 154 Å². The molecule has 1 N–H and O–H groups in total. The zero-order valence-corrected chi connectivity index (χ0v) is 16.0.